The molecule has 6 heteroatoms. The van der Waals surface area contributed by atoms with E-state index in [4.69, 9.17) is 9.47 Å². The molecule has 0 bridgehead atoms. The molecule has 0 aromatic carbocycles. The lowest BCUT2D eigenvalue weighted by Gasteiger charge is -2.11. The van der Waals surface area contributed by atoms with Gasteiger partial charge in [-0.15, -0.1) is 0 Å². The fourth-order valence-corrected chi connectivity index (χ4v) is 1.19. The summed E-state index contributed by atoms with van der Waals surface area (Å²) in [5.41, 5.74) is -0.979. The van der Waals surface area contributed by atoms with E-state index in [0.29, 0.717) is 0 Å². The minimum absolute atomic E-state index is 0.0902. The summed E-state index contributed by atoms with van der Waals surface area (Å²) in [6, 6.07) is 2.13. The van der Waals surface area contributed by atoms with Gasteiger partial charge in [0.25, 0.3) is 5.88 Å². The smallest absolute Gasteiger partial charge is 0.433 e. The van der Waals surface area contributed by atoms with Crippen LogP contribution in [0.15, 0.2) is 12.1 Å². The lowest BCUT2D eigenvalue weighted by molar-refractivity contribution is -0.141. The lowest BCUT2D eigenvalue weighted by Crippen LogP contribution is -2.09. The van der Waals surface area contributed by atoms with E-state index in [2.05, 4.69) is 4.98 Å². The molecule has 2 rings (SSSR count). The summed E-state index contributed by atoms with van der Waals surface area (Å²) in [5, 5.41) is 0. The van der Waals surface area contributed by atoms with Crippen molar-refractivity contribution < 1.29 is 22.6 Å². The average Bonchev–Trinajstić information content (AvgIpc) is 3.00. The van der Waals surface area contributed by atoms with Gasteiger partial charge in [0.1, 0.15) is 5.69 Å². The Labute approximate surface area is 90.2 Å². The van der Waals surface area contributed by atoms with Gasteiger partial charge < -0.3 is 9.47 Å². The fraction of sp³-hybridized carbons (Fsp3) is 0.500. The normalized spacial score (nSPS) is 16.0. The summed E-state index contributed by atoms with van der Waals surface area (Å²) < 4.78 is 47.2. The minimum Gasteiger partial charge on any atom is -0.485 e. The third kappa shape index (κ3) is 2.37. The summed E-state index contributed by atoms with van der Waals surface area (Å²) in [7, 11) is 1.27. The van der Waals surface area contributed by atoms with Crippen LogP contribution in [0.25, 0.3) is 0 Å². The zero-order valence-corrected chi connectivity index (χ0v) is 8.54. The predicted octanol–water partition coefficient (Wildman–Crippen LogP) is 2.65. The van der Waals surface area contributed by atoms with Gasteiger partial charge in [-0.05, 0) is 25.0 Å². The van der Waals surface area contributed by atoms with E-state index in [1.165, 1.54) is 13.2 Å². The van der Waals surface area contributed by atoms with E-state index in [0.717, 1.165) is 18.9 Å². The van der Waals surface area contributed by atoms with Gasteiger partial charge in [-0.1, -0.05) is 0 Å². The van der Waals surface area contributed by atoms with Gasteiger partial charge in [0.2, 0.25) is 0 Å². The van der Waals surface area contributed by atoms with Crippen molar-refractivity contribution >= 4 is 0 Å². The largest absolute Gasteiger partial charge is 0.485 e. The van der Waals surface area contributed by atoms with Crippen LogP contribution in [0.3, 0.4) is 0 Å². The molecule has 1 heterocycles. The number of pyridine rings is 1. The van der Waals surface area contributed by atoms with Gasteiger partial charge in [-0.25, -0.2) is 4.98 Å². The first-order valence-electron chi connectivity index (χ1n) is 4.79. The summed E-state index contributed by atoms with van der Waals surface area (Å²) >= 11 is 0. The molecule has 0 atom stereocenters. The highest BCUT2D eigenvalue weighted by molar-refractivity contribution is 5.36. The molecule has 0 amide bonds. The van der Waals surface area contributed by atoms with Gasteiger partial charge in [0.05, 0.1) is 13.2 Å². The van der Waals surface area contributed by atoms with Crippen molar-refractivity contribution in [2.24, 2.45) is 0 Å². The molecule has 88 valence electrons. The van der Waals surface area contributed by atoms with Crippen molar-refractivity contribution in [2.45, 2.75) is 25.1 Å². The molecule has 0 saturated heterocycles. The maximum absolute atomic E-state index is 12.4. The van der Waals surface area contributed by atoms with Crippen LogP contribution in [-0.2, 0) is 6.18 Å². The first-order chi connectivity index (χ1) is 7.50. The number of alkyl halides is 3. The Balaban J connectivity index is 2.26. The summed E-state index contributed by atoms with van der Waals surface area (Å²) in [6.07, 6.45) is -2.54. The van der Waals surface area contributed by atoms with Gasteiger partial charge in [0, 0.05) is 0 Å². The van der Waals surface area contributed by atoms with Gasteiger partial charge >= 0.3 is 6.18 Å². The number of aromatic nitrogens is 1. The van der Waals surface area contributed by atoms with Crippen LogP contribution in [0.5, 0.6) is 11.6 Å². The molecule has 0 aliphatic heterocycles. The van der Waals surface area contributed by atoms with Crippen LogP contribution < -0.4 is 9.47 Å². The fourth-order valence-electron chi connectivity index (χ4n) is 1.19. The Morgan fingerprint density at radius 2 is 2.00 bits per heavy atom. The van der Waals surface area contributed by atoms with Crippen LogP contribution in [0.4, 0.5) is 13.2 Å². The molecule has 16 heavy (non-hydrogen) atoms. The Morgan fingerprint density at radius 3 is 2.50 bits per heavy atom. The van der Waals surface area contributed by atoms with Crippen molar-refractivity contribution in [1.29, 1.82) is 0 Å². The van der Waals surface area contributed by atoms with Crippen molar-refractivity contribution in [2.75, 3.05) is 7.11 Å². The van der Waals surface area contributed by atoms with E-state index >= 15 is 0 Å². The van der Waals surface area contributed by atoms with Crippen molar-refractivity contribution in [3.05, 3.63) is 17.8 Å². The predicted molar refractivity (Wildman–Crippen MR) is 49.4 cm³/mol. The maximum Gasteiger partial charge on any atom is 0.433 e. The average molecular weight is 233 g/mol. The van der Waals surface area contributed by atoms with Crippen LogP contribution in [0, 0.1) is 0 Å². The number of halogens is 3. The van der Waals surface area contributed by atoms with E-state index in [1.54, 1.807) is 0 Å². The topological polar surface area (TPSA) is 31.4 Å². The second-order valence-corrected chi connectivity index (χ2v) is 3.52. The molecule has 1 aliphatic carbocycles. The number of methoxy groups -OCH3 is 1. The summed E-state index contributed by atoms with van der Waals surface area (Å²) in [6.45, 7) is 0. The molecular weight excluding hydrogens is 223 g/mol. The molecule has 3 nitrogen and oxygen atoms in total. The third-order valence-electron chi connectivity index (χ3n) is 2.13. The SMILES string of the molecule is COc1nc(C(F)(F)F)ccc1OC1CC1. The summed E-state index contributed by atoms with van der Waals surface area (Å²) in [5.74, 6) is 0.139. The molecule has 0 spiro atoms. The van der Waals surface area contributed by atoms with E-state index in [1.807, 2.05) is 0 Å². The Kier molecular flexibility index (Phi) is 2.65. The van der Waals surface area contributed by atoms with Gasteiger partial charge in [-0.3, -0.25) is 0 Å². The monoisotopic (exact) mass is 233 g/mol. The number of nitrogens with zero attached hydrogens (tertiary/aromatic N) is 1. The Morgan fingerprint density at radius 1 is 1.31 bits per heavy atom. The third-order valence-corrected chi connectivity index (χ3v) is 2.13. The minimum atomic E-state index is -4.47. The van der Waals surface area contributed by atoms with Crippen LogP contribution in [0.1, 0.15) is 18.5 Å². The van der Waals surface area contributed by atoms with Gasteiger partial charge in [0.15, 0.2) is 5.75 Å². The van der Waals surface area contributed by atoms with Crippen LogP contribution in [-0.4, -0.2) is 18.2 Å². The molecule has 0 unspecified atom stereocenters. The summed E-state index contributed by atoms with van der Waals surface area (Å²) in [4.78, 5) is 3.37. The lowest BCUT2D eigenvalue weighted by atomic mass is 10.3. The first kappa shape index (κ1) is 11.0. The van der Waals surface area contributed by atoms with Gasteiger partial charge in [-0.2, -0.15) is 13.2 Å². The highest BCUT2D eigenvalue weighted by Gasteiger charge is 2.34. The van der Waals surface area contributed by atoms with E-state index in [-0.39, 0.29) is 17.7 Å². The van der Waals surface area contributed by atoms with Crippen molar-refractivity contribution in [3.63, 3.8) is 0 Å². The van der Waals surface area contributed by atoms with E-state index < -0.39 is 11.9 Å². The highest BCUT2D eigenvalue weighted by atomic mass is 19.4. The Hall–Kier alpha value is -1.46. The van der Waals surface area contributed by atoms with Crippen LogP contribution in [0.2, 0.25) is 0 Å². The number of rotatable bonds is 3. The molecule has 0 N–H and O–H groups in total. The molecule has 1 aromatic heterocycles. The molecule has 1 aromatic rings. The molecule has 1 saturated carbocycles. The second kappa shape index (κ2) is 3.84. The molecule has 0 radical (unpaired) electrons. The molecule has 1 fully saturated rings. The molecule has 1 aliphatic rings. The number of hydrogen-bond donors (Lipinski definition) is 0. The zero-order valence-electron chi connectivity index (χ0n) is 8.54. The van der Waals surface area contributed by atoms with Crippen molar-refractivity contribution in [1.82, 2.24) is 4.98 Å². The standard InChI is InChI=1S/C10H10F3NO2/c1-15-9-7(16-6-2-3-6)4-5-8(14-9)10(11,12)13/h4-6H,2-3H2,1H3. The second-order valence-electron chi connectivity index (χ2n) is 3.52. The van der Waals surface area contributed by atoms with Crippen LogP contribution >= 0.6 is 0 Å². The quantitative estimate of drug-likeness (QED) is 0.804. The molecular formula is C10H10F3NO2. The van der Waals surface area contributed by atoms with Crippen molar-refractivity contribution in [3.8, 4) is 11.6 Å². The number of ether oxygens (including phenoxy) is 2. The first-order valence-corrected chi connectivity index (χ1v) is 4.79. The maximum atomic E-state index is 12.4. The highest BCUT2D eigenvalue weighted by Crippen LogP contribution is 2.35. The zero-order chi connectivity index (χ0) is 11.8. The Bertz CT molecular complexity index is 388. The number of hydrogen-bond acceptors (Lipinski definition) is 3. The van der Waals surface area contributed by atoms with E-state index in [9.17, 15) is 13.2 Å².